The van der Waals surface area contributed by atoms with Gasteiger partial charge in [0.2, 0.25) is 5.91 Å². The van der Waals surface area contributed by atoms with Gasteiger partial charge in [-0.15, -0.1) is 0 Å². The van der Waals surface area contributed by atoms with E-state index in [0.29, 0.717) is 19.4 Å². The second-order valence-electron chi connectivity index (χ2n) is 5.89. The third kappa shape index (κ3) is 6.60. The number of amides is 3. The van der Waals surface area contributed by atoms with Crippen molar-refractivity contribution in [1.29, 1.82) is 0 Å². The number of unbranched alkanes of at least 4 members (excludes halogenated alkanes) is 1. The fraction of sp³-hybridized carbons (Fsp3) is 0.800. The maximum Gasteiger partial charge on any atom is 0.321 e. The Hall–Kier alpha value is -1.59. The number of hydrogen-bond donors (Lipinski definition) is 3. The van der Waals surface area contributed by atoms with Crippen LogP contribution >= 0.6 is 0 Å². The monoisotopic (exact) mass is 298 g/mol. The third-order valence-electron chi connectivity index (χ3n) is 4.34. The summed E-state index contributed by atoms with van der Waals surface area (Å²) in [6.07, 6.45) is 6.88. The zero-order valence-corrected chi connectivity index (χ0v) is 12.7. The molecule has 1 saturated carbocycles. The van der Waals surface area contributed by atoms with Gasteiger partial charge in [0, 0.05) is 19.4 Å². The Morgan fingerprint density at radius 3 is 2.29 bits per heavy atom. The minimum absolute atomic E-state index is 0.0541. The van der Waals surface area contributed by atoms with Gasteiger partial charge in [0.25, 0.3) is 0 Å². The Labute approximate surface area is 125 Å². The number of carboxylic acids is 1. The number of rotatable bonds is 8. The van der Waals surface area contributed by atoms with Gasteiger partial charge in [0.15, 0.2) is 0 Å². The van der Waals surface area contributed by atoms with Crippen LogP contribution in [0.1, 0.15) is 64.7 Å². The molecule has 3 amide bonds. The summed E-state index contributed by atoms with van der Waals surface area (Å²) in [5.41, 5.74) is 0.196. The molecule has 6 nitrogen and oxygen atoms in total. The SMILES string of the molecule is CCC1(CNC(=O)NC(=O)CCCCC(=O)O)CCCC1. The van der Waals surface area contributed by atoms with Gasteiger partial charge in [0.05, 0.1) is 0 Å². The van der Waals surface area contributed by atoms with E-state index < -0.39 is 12.0 Å². The van der Waals surface area contributed by atoms with E-state index in [4.69, 9.17) is 5.11 Å². The topological polar surface area (TPSA) is 95.5 Å². The first kappa shape index (κ1) is 17.5. The van der Waals surface area contributed by atoms with Crippen molar-refractivity contribution in [3.8, 4) is 0 Å². The van der Waals surface area contributed by atoms with Crippen molar-refractivity contribution in [2.75, 3.05) is 6.54 Å². The molecule has 1 rings (SSSR count). The van der Waals surface area contributed by atoms with E-state index in [1.165, 1.54) is 12.8 Å². The van der Waals surface area contributed by atoms with Gasteiger partial charge in [0.1, 0.15) is 0 Å². The van der Waals surface area contributed by atoms with E-state index in [1.54, 1.807) is 0 Å². The number of nitrogens with one attached hydrogen (secondary N) is 2. The van der Waals surface area contributed by atoms with Crippen LogP contribution < -0.4 is 10.6 Å². The molecule has 0 saturated heterocycles. The normalized spacial score (nSPS) is 16.4. The molecule has 0 unspecified atom stereocenters. The van der Waals surface area contributed by atoms with Crippen LogP contribution in [0.4, 0.5) is 4.79 Å². The van der Waals surface area contributed by atoms with Crippen molar-refractivity contribution < 1.29 is 19.5 Å². The fourth-order valence-corrected chi connectivity index (χ4v) is 2.84. The Balaban J connectivity index is 2.17. The Morgan fingerprint density at radius 2 is 1.71 bits per heavy atom. The van der Waals surface area contributed by atoms with Gasteiger partial charge in [-0.2, -0.15) is 0 Å². The molecular weight excluding hydrogens is 272 g/mol. The first-order chi connectivity index (χ1) is 9.97. The molecule has 0 aromatic heterocycles. The zero-order valence-electron chi connectivity index (χ0n) is 12.7. The Morgan fingerprint density at radius 1 is 1.10 bits per heavy atom. The van der Waals surface area contributed by atoms with Crippen LogP contribution in [-0.4, -0.2) is 29.6 Å². The molecule has 0 bridgehead atoms. The van der Waals surface area contributed by atoms with Crippen molar-refractivity contribution in [3.63, 3.8) is 0 Å². The maximum absolute atomic E-state index is 11.7. The van der Waals surface area contributed by atoms with Gasteiger partial charge in [-0.3, -0.25) is 14.9 Å². The fourth-order valence-electron chi connectivity index (χ4n) is 2.84. The standard InChI is InChI=1S/C15H26N2O4/c1-2-15(9-5-6-10-15)11-16-14(21)17-12(18)7-3-4-8-13(19)20/h2-11H2,1H3,(H,19,20)(H2,16,17,18,21). The molecule has 1 aliphatic rings. The molecule has 1 fully saturated rings. The van der Waals surface area contributed by atoms with Crippen LogP contribution in [0.5, 0.6) is 0 Å². The van der Waals surface area contributed by atoms with Crippen LogP contribution in [0.25, 0.3) is 0 Å². The molecule has 0 aromatic rings. The second-order valence-corrected chi connectivity index (χ2v) is 5.89. The average Bonchev–Trinajstić information content (AvgIpc) is 2.91. The van der Waals surface area contributed by atoms with E-state index >= 15 is 0 Å². The molecule has 0 heterocycles. The number of aliphatic carboxylic acids is 1. The summed E-state index contributed by atoms with van der Waals surface area (Å²) < 4.78 is 0. The largest absolute Gasteiger partial charge is 0.481 e. The van der Waals surface area contributed by atoms with Gasteiger partial charge in [-0.25, -0.2) is 4.79 Å². The molecule has 0 aromatic carbocycles. The van der Waals surface area contributed by atoms with Crippen molar-refractivity contribution >= 4 is 17.9 Å². The van der Waals surface area contributed by atoms with Crippen LogP contribution in [0.15, 0.2) is 0 Å². The summed E-state index contributed by atoms with van der Waals surface area (Å²) in [4.78, 5) is 33.5. The lowest BCUT2D eigenvalue weighted by atomic mass is 9.83. The molecule has 6 heteroatoms. The molecule has 0 spiro atoms. The zero-order chi connectivity index (χ0) is 15.7. The third-order valence-corrected chi connectivity index (χ3v) is 4.34. The first-order valence-electron chi connectivity index (χ1n) is 7.77. The number of carbonyl (C=O) groups is 3. The van der Waals surface area contributed by atoms with Crippen molar-refractivity contribution in [1.82, 2.24) is 10.6 Å². The van der Waals surface area contributed by atoms with E-state index in [9.17, 15) is 14.4 Å². The summed E-state index contributed by atoms with van der Waals surface area (Å²) in [5.74, 6) is -1.22. The summed E-state index contributed by atoms with van der Waals surface area (Å²) in [6.45, 7) is 2.75. The van der Waals surface area contributed by atoms with Gasteiger partial charge in [-0.05, 0) is 37.5 Å². The van der Waals surface area contributed by atoms with Crippen molar-refractivity contribution in [2.45, 2.75) is 64.7 Å². The molecule has 21 heavy (non-hydrogen) atoms. The van der Waals surface area contributed by atoms with Crippen LogP contribution in [0.3, 0.4) is 0 Å². The Bertz CT molecular complexity index is 376. The van der Waals surface area contributed by atoms with E-state index in [0.717, 1.165) is 19.3 Å². The minimum Gasteiger partial charge on any atom is -0.481 e. The van der Waals surface area contributed by atoms with Crippen molar-refractivity contribution in [3.05, 3.63) is 0 Å². The second kappa shape index (κ2) is 8.64. The maximum atomic E-state index is 11.7. The van der Waals surface area contributed by atoms with Gasteiger partial charge < -0.3 is 10.4 Å². The van der Waals surface area contributed by atoms with Crippen LogP contribution in [0.2, 0.25) is 0 Å². The molecule has 0 atom stereocenters. The predicted molar refractivity (Wildman–Crippen MR) is 78.8 cm³/mol. The molecule has 3 N–H and O–H groups in total. The summed E-state index contributed by atoms with van der Waals surface area (Å²) in [7, 11) is 0. The number of carboxylic acid groups (broad SMARTS) is 1. The van der Waals surface area contributed by atoms with Gasteiger partial charge in [-0.1, -0.05) is 19.8 Å². The summed E-state index contributed by atoms with van der Waals surface area (Å²) in [5, 5.41) is 13.6. The lowest BCUT2D eigenvalue weighted by Crippen LogP contribution is -2.43. The number of urea groups is 1. The predicted octanol–water partition coefficient (Wildman–Crippen LogP) is 2.43. The summed E-state index contributed by atoms with van der Waals surface area (Å²) >= 11 is 0. The Kier molecular flexibility index (Phi) is 7.19. The highest BCUT2D eigenvalue weighted by molar-refractivity contribution is 5.94. The number of hydrogen-bond acceptors (Lipinski definition) is 3. The lowest BCUT2D eigenvalue weighted by Gasteiger charge is -2.27. The van der Waals surface area contributed by atoms with Crippen molar-refractivity contribution in [2.24, 2.45) is 5.41 Å². The van der Waals surface area contributed by atoms with E-state index in [1.807, 2.05) is 0 Å². The van der Waals surface area contributed by atoms with Gasteiger partial charge >= 0.3 is 12.0 Å². The minimum atomic E-state index is -0.866. The number of imide groups is 1. The molecule has 1 aliphatic carbocycles. The molecular formula is C15H26N2O4. The van der Waals surface area contributed by atoms with Crippen LogP contribution in [-0.2, 0) is 9.59 Å². The van der Waals surface area contributed by atoms with Crippen LogP contribution in [0, 0.1) is 5.41 Å². The quantitative estimate of drug-likeness (QED) is 0.600. The average molecular weight is 298 g/mol. The highest BCUT2D eigenvalue weighted by Gasteiger charge is 2.32. The molecule has 120 valence electrons. The highest BCUT2D eigenvalue weighted by Crippen LogP contribution is 2.40. The molecule has 0 radical (unpaired) electrons. The highest BCUT2D eigenvalue weighted by atomic mass is 16.4. The van der Waals surface area contributed by atoms with E-state index in [2.05, 4.69) is 17.6 Å². The molecule has 0 aliphatic heterocycles. The smallest absolute Gasteiger partial charge is 0.321 e. The lowest BCUT2D eigenvalue weighted by molar-refractivity contribution is -0.137. The first-order valence-corrected chi connectivity index (χ1v) is 7.77. The summed E-state index contributed by atoms with van der Waals surface area (Å²) in [6, 6.07) is -0.446. The number of carbonyl (C=O) groups excluding carboxylic acids is 2. The van der Waals surface area contributed by atoms with E-state index in [-0.39, 0.29) is 24.2 Å².